The van der Waals surface area contributed by atoms with E-state index in [4.69, 9.17) is 9.47 Å². The van der Waals surface area contributed by atoms with Crippen LogP contribution in [-0.2, 0) is 11.3 Å². The number of nitrogens with zero attached hydrogens (tertiary/aromatic N) is 3. The number of aromatic nitrogens is 1. The first-order chi connectivity index (χ1) is 13.4. The predicted octanol–water partition coefficient (Wildman–Crippen LogP) is 3.00. The SMILES string of the molecule is Cc1cccc(CN=Cc2cc(N3CCOCC3)cc(OCC(C)(C)O)n2)c1. The second-order valence-electron chi connectivity index (χ2n) is 7.75. The van der Waals surface area contributed by atoms with Gasteiger partial charge in [-0.2, -0.15) is 0 Å². The number of ether oxygens (including phenoxy) is 2. The second kappa shape index (κ2) is 9.17. The van der Waals surface area contributed by atoms with E-state index in [0.717, 1.165) is 24.5 Å². The summed E-state index contributed by atoms with van der Waals surface area (Å²) >= 11 is 0. The molecule has 150 valence electrons. The quantitative estimate of drug-likeness (QED) is 0.745. The molecule has 1 aliphatic rings. The normalized spacial score (nSPS) is 15.2. The van der Waals surface area contributed by atoms with E-state index >= 15 is 0 Å². The van der Waals surface area contributed by atoms with Crippen molar-refractivity contribution in [1.29, 1.82) is 0 Å². The number of aryl methyl sites for hydroxylation is 1. The van der Waals surface area contributed by atoms with Crippen LogP contribution < -0.4 is 9.64 Å². The van der Waals surface area contributed by atoms with Crippen LogP contribution in [-0.4, -0.2) is 54.8 Å². The summed E-state index contributed by atoms with van der Waals surface area (Å²) in [5.74, 6) is 0.489. The molecule has 1 aliphatic heterocycles. The molecule has 2 aromatic rings. The van der Waals surface area contributed by atoms with Gasteiger partial charge in [0.15, 0.2) is 0 Å². The van der Waals surface area contributed by atoms with Gasteiger partial charge in [-0.05, 0) is 32.4 Å². The molecule has 0 spiro atoms. The van der Waals surface area contributed by atoms with E-state index in [2.05, 4.69) is 40.0 Å². The highest BCUT2D eigenvalue weighted by atomic mass is 16.5. The molecule has 0 bridgehead atoms. The lowest BCUT2D eigenvalue weighted by Crippen LogP contribution is -2.36. The highest BCUT2D eigenvalue weighted by Gasteiger charge is 2.17. The van der Waals surface area contributed by atoms with Crippen LogP contribution in [0.4, 0.5) is 5.69 Å². The van der Waals surface area contributed by atoms with Crippen molar-refractivity contribution >= 4 is 11.9 Å². The summed E-state index contributed by atoms with van der Waals surface area (Å²) in [6.45, 7) is 9.35. The summed E-state index contributed by atoms with van der Waals surface area (Å²) in [6, 6.07) is 12.2. The molecule has 1 fully saturated rings. The zero-order valence-corrected chi connectivity index (χ0v) is 16.9. The van der Waals surface area contributed by atoms with Crippen molar-refractivity contribution in [2.45, 2.75) is 32.9 Å². The minimum atomic E-state index is -0.921. The van der Waals surface area contributed by atoms with E-state index in [1.54, 1.807) is 20.1 Å². The van der Waals surface area contributed by atoms with E-state index < -0.39 is 5.60 Å². The Balaban J connectivity index is 1.78. The average Bonchev–Trinajstić information content (AvgIpc) is 2.67. The van der Waals surface area contributed by atoms with Gasteiger partial charge in [-0.1, -0.05) is 29.8 Å². The number of anilines is 1. The molecule has 0 unspecified atom stereocenters. The Kier molecular flexibility index (Phi) is 6.65. The Bertz CT molecular complexity index is 809. The Morgan fingerprint density at radius 2 is 2.04 bits per heavy atom. The topological polar surface area (TPSA) is 67.2 Å². The van der Waals surface area contributed by atoms with E-state index in [0.29, 0.717) is 25.6 Å². The van der Waals surface area contributed by atoms with Gasteiger partial charge in [0.05, 0.1) is 31.1 Å². The van der Waals surface area contributed by atoms with Crippen LogP contribution in [0.3, 0.4) is 0 Å². The lowest BCUT2D eigenvalue weighted by molar-refractivity contribution is 0.0268. The highest BCUT2D eigenvalue weighted by molar-refractivity contribution is 5.79. The molecule has 6 nitrogen and oxygen atoms in total. The number of morpholine rings is 1. The van der Waals surface area contributed by atoms with Crippen LogP contribution in [0, 0.1) is 6.92 Å². The Morgan fingerprint density at radius 3 is 2.75 bits per heavy atom. The van der Waals surface area contributed by atoms with Crippen molar-refractivity contribution in [3.63, 3.8) is 0 Å². The minimum absolute atomic E-state index is 0.173. The Labute approximate surface area is 166 Å². The average molecular weight is 383 g/mol. The third-order valence-electron chi connectivity index (χ3n) is 4.34. The van der Waals surface area contributed by atoms with Crippen molar-refractivity contribution in [2.75, 3.05) is 37.8 Å². The second-order valence-corrected chi connectivity index (χ2v) is 7.75. The monoisotopic (exact) mass is 383 g/mol. The first-order valence-corrected chi connectivity index (χ1v) is 9.64. The van der Waals surface area contributed by atoms with E-state index in [-0.39, 0.29) is 6.61 Å². The molecule has 1 saturated heterocycles. The van der Waals surface area contributed by atoms with Crippen molar-refractivity contribution in [3.8, 4) is 5.88 Å². The fourth-order valence-corrected chi connectivity index (χ4v) is 2.96. The van der Waals surface area contributed by atoms with E-state index in [1.165, 1.54) is 11.1 Å². The number of rotatable bonds is 7. The minimum Gasteiger partial charge on any atom is -0.475 e. The molecule has 0 saturated carbocycles. The molecule has 0 atom stereocenters. The number of aliphatic hydroxyl groups is 1. The van der Waals surface area contributed by atoms with Crippen LogP contribution in [0.25, 0.3) is 0 Å². The van der Waals surface area contributed by atoms with Gasteiger partial charge in [0.25, 0.3) is 0 Å². The first-order valence-electron chi connectivity index (χ1n) is 9.64. The largest absolute Gasteiger partial charge is 0.475 e. The molecule has 3 rings (SSSR count). The molecule has 6 heteroatoms. The van der Waals surface area contributed by atoms with Gasteiger partial charge in [0.1, 0.15) is 6.61 Å². The van der Waals surface area contributed by atoms with Gasteiger partial charge in [0.2, 0.25) is 5.88 Å². The molecule has 1 aromatic carbocycles. The fraction of sp³-hybridized carbons (Fsp3) is 0.455. The predicted molar refractivity (Wildman–Crippen MR) is 112 cm³/mol. The maximum Gasteiger partial charge on any atom is 0.216 e. The van der Waals surface area contributed by atoms with Crippen LogP contribution >= 0.6 is 0 Å². The summed E-state index contributed by atoms with van der Waals surface area (Å²) in [6.07, 6.45) is 1.78. The Hall–Kier alpha value is -2.44. The van der Waals surface area contributed by atoms with Crippen LogP contribution in [0.2, 0.25) is 0 Å². The summed E-state index contributed by atoms with van der Waals surface area (Å²) in [7, 11) is 0. The fourth-order valence-electron chi connectivity index (χ4n) is 2.96. The molecule has 1 aromatic heterocycles. The summed E-state index contributed by atoms with van der Waals surface area (Å²) < 4.78 is 11.2. The van der Waals surface area contributed by atoms with Crippen LogP contribution in [0.5, 0.6) is 5.88 Å². The lowest BCUT2D eigenvalue weighted by atomic mass is 10.1. The number of benzene rings is 1. The summed E-state index contributed by atoms with van der Waals surface area (Å²) in [5.41, 5.74) is 3.24. The van der Waals surface area contributed by atoms with Gasteiger partial charge in [-0.25, -0.2) is 4.98 Å². The summed E-state index contributed by atoms with van der Waals surface area (Å²) in [5, 5.41) is 9.95. The standard InChI is InChI=1S/C22H29N3O3/c1-17-5-4-6-18(11-17)14-23-15-19-12-20(25-7-9-27-10-8-25)13-21(24-19)28-16-22(2,3)26/h4-6,11-13,15,26H,7-10,14,16H2,1-3H3. The zero-order valence-electron chi connectivity index (χ0n) is 16.9. The maximum atomic E-state index is 9.95. The van der Waals surface area contributed by atoms with Gasteiger partial charge in [-0.3, -0.25) is 4.99 Å². The van der Waals surface area contributed by atoms with Crippen molar-refractivity contribution in [3.05, 3.63) is 53.2 Å². The molecular formula is C22H29N3O3. The first kappa shape index (κ1) is 20.3. The summed E-state index contributed by atoms with van der Waals surface area (Å²) in [4.78, 5) is 11.3. The van der Waals surface area contributed by atoms with Crippen LogP contribution in [0.1, 0.15) is 30.7 Å². The van der Waals surface area contributed by atoms with Gasteiger partial charge < -0.3 is 19.5 Å². The van der Waals surface area contributed by atoms with Crippen molar-refractivity contribution in [1.82, 2.24) is 4.98 Å². The third kappa shape index (κ3) is 6.32. The van der Waals surface area contributed by atoms with E-state index in [1.807, 2.05) is 18.2 Å². The molecule has 0 aliphatic carbocycles. The number of aliphatic imine (C=N–C) groups is 1. The smallest absolute Gasteiger partial charge is 0.216 e. The van der Waals surface area contributed by atoms with Gasteiger partial charge in [0, 0.05) is 31.1 Å². The highest BCUT2D eigenvalue weighted by Crippen LogP contribution is 2.22. The van der Waals surface area contributed by atoms with Crippen LogP contribution in [0.15, 0.2) is 41.4 Å². The van der Waals surface area contributed by atoms with Crippen molar-refractivity contribution < 1.29 is 14.6 Å². The van der Waals surface area contributed by atoms with Gasteiger partial charge >= 0.3 is 0 Å². The molecule has 1 N–H and O–H groups in total. The van der Waals surface area contributed by atoms with E-state index in [9.17, 15) is 5.11 Å². The molecule has 28 heavy (non-hydrogen) atoms. The molecule has 0 radical (unpaired) electrons. The number of hydrogen-bond donors (Lipinski definition) is 1. The van der Waals surface area contributed by atoms with Gasteiger partial charge in [-0.15, -0.1) is 0 Å². The van der Waals surface area contributed by atoms with Crippen molar-refractivity contribution in [2.24, 2.45) is 4.99 Å². The molecule has 0 amide bonds. The molecular weight excluding hydrogens is 354 g/mol. The maximum absolute atomic E-state index is 9.95. The Morgan fingerprint density at radius 1 is 1.25 bits per heavy atom. The third-order valence-corrected chi connectivity index (χ3v) is 4.34. The molecule has 2 heterocycles. The zero-order chi connectivity index (χ0) is 20.0. The number of pyridine rings is 1. The number of hydrogen-bond acceptors (Lipinski definition) is 6. The lowest BCUT2D eigenvalue weighted by Gasteiger charge is -2.29.